The van der Waals surface area contributed by atoms with E-state index in [0.29, 0.717) is 19.1 Å². The average molecular weight is 373 g/mol. The van der Waals surface area contributed by atoms with E-state index < -0.39 is 0 Å². The van der Waals surface area contributed by atoms with Crippen molar-refractivity contribution in [1.82, 2.24) is 15.1 Å². The third-order valence-electron chi connectivity index (χ3n) is 5.08. The third kappa shape index (κ3) is 4.24. The van der Waals surface area contributed by atoms with Gasteiger partial charge in [0.05, 0.1) is 0 Å². The van der Waals surface area contributed by atoms with Gasteiger partial charge in [0, 0.05) is 43.6 Å². The summed E-state index contributed by atoms with van der Waals surface area (Å²) in [7, 11) is 0. The molecule has 0 unspecified atom stereocenters. The van der Waals surface area contributed by atoms with Crippen molar-refractivity contribution in [3.8, 4) is 0 Å². The van der Waals surface area contributed by atoms with E-state index in [1.54, 1.807) is 6.07 Å². The van der Waals surface area contributed by atoms with Crippen molar-refractivity contribution in [3.63, 3.8) is 0 Å². The Bertz CT molecular complexity index is 774. The number of hydrogen-bond acceptors (Lipinski definition) is 3. The van der Waals surface area contributed by atoms with Crippen molar-refractivity contribution < 1.29 is 9.18 Å². The predicted octanol–water partition coefficient (Wildman–Crippen LogP) is 3.62. The average Bonchev–Trinajstić information content (AvgIpc) is 3.36. The molecule has 26 heavy (non-hydrogen) atoms. The number of hydrogen-bond donors (Lipinski definition) is 1. The summed E-state index contributed by atoms with van der Waals surface area (Å²) < 4.78 is 13.4. The van der Waals surface area contributed by atoms with Crippen molar-refractivity contribution in [3.05, 3.63) is 57.5 Å². The van der Waals surface area contributed by atoms with Gasteiger partial charge in [0.1, 0.15) is 5.82 Å². The molecule has 0 radical (unpaired) electrons. The van der Waals surface area contributed by atoms with Crippen molar-refractivity contribution in [1.29, 1.82) is 0 Å². The van der Waals surface area contributed by atoms with Crippen LogP contribution >= 0.6 is 11.3 Å². The van der Waals surface area contributed by atoms with Crippen LogP contribution in [0.4, 0.5) is 9.18 Å². The second-order valence-corrected chi connectivity index (χ2v) is 8.12. The number of nitrogens with one attached hydrogen (secondary N) is 1. The van der Waals surface area contributed by atoms with E-state index in [1.165, 1.54) is 22.6 Å². The highest BCUT2D eigenvalue weighted by molar-refractivity contribution is 7.10. The number of nitrogens with zero attached hydrogens (tertiary/aromatic N) is 2. The molecule has 0 bridgehead atoms. The van der Waals surface area contributed by atoms with Crippen LogP contribution in [0.2, 0.25) is 0 Å². The highest BCUT2D eigenvalue weighted by atomic mass is 32.1. The summed E-state index contributed by atoms with van der Waals surface area (Å²) in [6.45, 7) is 4.00. The summed E-state index contributed by atoms with van der Waals surface area (Å²) in [5.74, 6) is -0.253. The van der Waals surface area contributed by atoms with E-state index in [4.69, 9.17) is 0 Å². The lowest BCUT2D eigenvalue weighted by Gasteiger charge is -2.28. The van der Waals surface area contributed by atoms with Gasteiger partial charge >= 0.3 is 6.03 Å². The fraction of sp³-hybridized carbons (Fsp3) is 0.450. The Morgan fingerprint density at radius 3 is 3.04 bits per heavy atom. The maximum atomic E-state index is 13.4. The molecule has 1 aliphatic carbocycles. The Balaban J connectivity index is 1.27. The summed E-state index contributed by atoms with van der Waals surface area (Å²) in [4.78, 5) is 18.4. The zero-order valence-electron chi connectivity index (χ0n) is 14.8. The quantitative estimate of drug-likeness (QED) is 0.839. The van der Waals surface area contributed by atoms with Crippen molar-refractivity contribution in [2.24, 2.45) is 0 Å². The number of rotatable bonds is 6. The zero-order chi connectivity index (χ0) is 17.9. The maximum Gasteiger partial charge on any atom is 0.317 e. The lowest BCUT2D eigenvalue weighted by Crippen LogP contribution is -2.44. The SMILES string of the molecule is O=C(NCCN1CCc2sccc2C1)N(Cc1cccc(F)c1)C1CC1. The Morgan fingerprint density at radius 1 is 1.35 bits per heavy atom. The summed E-state index contributed by atoms with van der Waals surface area (Å²) in [6.07, 6.45) is 3.18. The van der Waals surface area contributed by atoms with Gasteiger partial charge in [-0.2, -0.15) is 0 Å². The van der Waals surface area contributed by atoms with Crippen LogP contribution in [0.15, 0.2) is 35.7 Å². The smallest absolute Gasteiger partial charge is 0.317 e. The molecule has 6 heteroatoms. The van der Waals surface area contributed by atoms with Crippen molar-refractivity contribution in [2.45, 2.75) is 38.4 Å². The van der Waals surface area contributed by atoms with E-state index in [0.717, 1.165) is 44.5 Å². The number of halogens is 1. The Morgan fingerprint density at radius 2 is 2.23 bits per heavy atom. The van der Waals surface area contributed by atoms with E-state index in [2.05, 4.69) is 21.7 Å². The summed E-state index contributed by atoms with van der Waals surface area (Å²) in [6, 6.07) is 8.97. The molecule has 2 amide bonds. The number of urea groups is 1. The minimum absolute atomic E-state index is 0.0370. The molecule has 1 aliphatic heterocycles. The minimum atomic E-state index is -0.253. The normalized spacial score (nSPS) is 17.0. The summed E-state index contributed by atoms with van der Waals surface area (Å²) >= 11 is 1.84. The predicted molar refractivity (Wildman–Crippen MR) is 102 cm³/mol. The van der Waals surface area contributed by atoms with Crippen LogP contribution in [0, 0.1) is 5.82 Å². The number of benzene rings is 1. The number of carbonyl (C=O) groups excluding carboxylic acids is 1. The Labute approximate surface area is 157 Å². The molecule has 1 N–H and O–H groups in total. The first-order chi connectivity index (χ1) is 12.7. The van der Waals surface area contributed by atoms with E-state index in [1.807, 2.05) is 22.3 Å². The molecule has 0 atom stereocenters. The first-order valence-electron chi connectivity index (χ1n) is 9.25. The van der Waals surface area contributed by atoms with E-state index in [-0.39, 0.29) is 11.8 Å². The Hall–Kier alpha value is -1.92. The van der Waals surface area contributed by atoms with E-state index in [9.17, 15) is 9.18 Å². The molecule has 138 valence electrons. The molecule has 0 saturated heterocycles. The fourth-order valence-electron chi connectivity index (χ4n) is 3.51. The van der Waals surface area contributed by atoms with Crippen LogP contribution in [0.3, 0.4) is 0 Å². The molecule has 4 nitrogen and oxygen atoms in total. The molecule has 2 heterocycles. The Kier molecular flexibility index (Phi) is 5.22. The van der Waals surface area contributed by atoms with Gasteiger partial charge in [-0.25, -0.2) is 9.18 Å². The highest BCUT2D eigenvalue weighted by Gasteiger charge is 2.32. The van der Waals surface area contributed by atoms with Crippen LogP contribution in [-0.4, -0.2) is 41.5 Å². The number of amides is 2. The second-order valence-electron chi connectivity index (χ2n) is 7.12. The summed E-state index contributed by atoms with van der Waals surface area (Å²) in [5.41, 5.74) is 2.27. The van der Waals surface area contributed by atoms with Crippen LogP contribution in [0.5, 0.6) is 0 Å². The second kappa shape index (κ2) is 7.76. The first-order valence-corrected chi connectivity index (χ1v) is 10.1. The molecule has 1 aromatic heterocycles. The van der Waals surface area contributed by atoms with Crippen molar-refractivity contribution >= 4 is 17.4 Å². The lowest BCUT2D eigenvalue weighted by atomic mass is 10.1. The van der Waals surface area contributed by atoms with Crippen LogP contribution in [0.1, 0.15) is 28.8 Å². The van der Waals surface area contributed by atoms with Crippen molar-refractivity contribution in [2.75, 3.05) is 19.6 Å². The molecular weight excluding hydrogens is 349 g/mol. The number of carbonyl (C=O) groups is 1. The largest absolute Gasteiger partial charge is 0.337 e. The van der Waals surface area contributed by atoms with Gasteiger partial charge in [0.25, 0.3) is 0 Å². The molecule has 4 rings (SSSR count). The summed E-state index contributed by atoms with van der Waals surface area (Å²) in [5, 5.41) is 5.22. The highest BCUT2D eigenvalue weighted by Crippen LogP contribution is 2.28. The maximum absolute atomic E-state index is 13.4. The van der Waals surface area contributed by atoms with Gasteiger partial charge in [-0.3, -0.25) is 4.90 Å². The van der Waals surface area contributed by atoms with Gasteiger partial charge in [-0.15, -0.1) is 11.3 Å². The standard InChI is InChI=1S/C20H24FN3OS/c21-17-3-1-2-15(12-17)13-24(18-4-5-18)20(25)22-8-10-23-9-6-19-16(14-23)7-11-26-19/h1-3,7,11-12,18H,4-6,8-10,13-14H2,(H,22,25). The van der Waals surface area contributed by atoms with Gasteiger partial charge in [-0.1, -0.05) is 12.1 Å². The lowest BCUT2D eigenvalue weighted by molar-refractivity contribution is 0.188. The third-order valence-corrected chi connectivity index (χ3v) is 6.10. The fourth-order valence-corrected chi connectivity index (χ4v) is 4.39. The van der Waals surface area contributed by atoms with Crippen LogP contribution in [0.25, 0.3) is 0 Å². The topological polar surface area (TPSA) is 35.6 Å². The molecule has 1 saturated carbocycles. The van der Waals surface area contributed by atoms with Gasteiger partial charge in [-0.05, 0) is 54.0 Å². The number of fused-ring (bicyclic) bond motifs is 1. The van der Waals surface area contributed by atoms with Gasteiger partial charge < -0.3 is 10.2 Å². The molecule has 1 fully saturated rings. The molecule has 2 aromatic rings. The minimum Gasteiger partial charge on any atom is -0.337 e. The number of thiophene rings is 1. The van der Waals surface area contributed by atoms with Crippen LogP contribution < -0.4 is 5.32 Å². The van der Waals surface area contributed by atoms with Gasteiger partial charge in [0.2, 0.25) is 0 Å². The molecule has 1 aromatic carbocycles. The van der Waals surface area contributed by atoms with E-state index >= 15 is 0 Å². The first kappa shape index (κ1) is 17.5. The molecular formula is C20H24FN3OS. The molecule has 2 aliphatic rings. The van der Waals surface area contributed by atoms with Crippen LogP contribution in [-0.2, 0) is 19.5 Å². The zero-order valence-corrected chi connectivity index (χ0v) is 15.6. The molecule has 0 spiro atoms. The monoisotopic (exact) mass is 373 g/mol. The van der Waals surface area contributed by atoms with Gasteiger partial charge in [0.15, 0.2) is 0 Å².